The van der Waals surface area contributed by atoms with Gasteiger partial charge in [-0.15, -0.1) is 0 Å². The maximum absolute atomic E-state index is 12.5. The number of carbonyl (C=O) groups excluding carboxylic acids is 1. The molecule has 1 fully saturated rings. The molecule has 0 saturated heterocycles. The number of hydrogen-bond acceptors (Lipinski definition) is 4. The van der Waals surface area contributed by atoms with Crippen LogP contribution in [0.3, 0.4) is 0 Å². The Bertz CT molecular complexity index is 493. The van der Waals surface area contributed by atoms with Gasteiger partial charge in [0.2, 0.25) is 5.91 Å². The van der Waals surface area contributed by atoms with Gasteiger partial charge in [0.1, 0.15) is 11.9 Å². The summed E-state index contributed by atoms with van der Waals surface area (Å²) < 4.78 is 5.99. The molecule has 0 radical (unpaired) electrons. The molecule has 6 nitrogen and oxygen atoms in total. The molecule has 1 aromatic heterocycles. The van der Waals surface area contributed by atoms with Gasteiger partial charge in [-0.05, 0) is 32.6 Å². The van der Waals surface area contributed by atoms with Crippen LogP contribution in [0.15, 0.2) is 0 Å². The lowest BCUT2D eigenvalue weighted by molar-refractivity contribution is -0.137. The van der Waals surface area contributed by atoms with E-state index in [0.717, 1.165) is 18.7 Å². The second kappa shape index (κ2) is 8.43. The lowest BCUT2D eigenvalue weighted by atomic mass is 10.0. The number of amides is 1. The summed E-state index contributed by atoms with van der Waals surface area (Å²) in [6, 6.07) is -0.201. The van der Waals surface area contributed by atoms with Gasteiger partial charge in [0.15, 0.2) is 5.82 Å². The molecule has 0 aliphatic heterocycles. The van der Waals surface area contributed by atoms with Gasteiger partial charge < -0.3 is 10.1 Å². The van der Waals surface area contributed by atoms with Crippen molar-refractivity contribution in [2.45, 2.75) is 84.5 Å². The summed E-state index contributed by atoms with van der Waals surface area (Å²) in [4.78, 5) is 16.8. The fourth-order valence-corrected chi connectivity index (χ4v) is 3.03. The molecule has 1 saturated carbocycles. The first kappa shape index (κ1) is 17.9. The number of nitrogens with zero attached hydrogens (tertiary/aromatic N) is 2. The van der Waals surface area contributed by atoms with Crippen LogP contribution in [0.2, 0.25) is 0 Å². The fraction of sp³-hybridized carbons (Fsp3) is 0.824. The van der Waals surface area contributed by atoms with E-state index in [-0.39, 0.29) is 24.0 Å². The second-order valence-corrected chi connectivity index (χ2v) is 6.90. The van der Waals surface area contributed by atoms with Crippen molar-refractivity contribution >= 4 is 5.91 Å². The molecule has 2 rings (SSSR count). The summed E-state index contributed by atoms with van der Waals surface area (Å²) in [5.41, 5.74) is 0. The number of aromatic nitrogens is 3. The minimum absolute atomic E-state index is 0.0876. The highest BCUT2D eigenvalue weighted by Gasteiger charge is 2.26. The van der Waals surface area contributed by atoms with E-state index in [1.165, 1.54) is 25.7 Å². The van der Waals surface area contributed by atoms with Crippen molar-refractivity contribution in [3.8, 4) is 0 Å². The number of rotatable bonds is 6. The monoisotopic (exact) mass is 322 g/mol. The van der Waals surface area contributed by atoms with E-state index in [1.54, 1.807) is 0 Å². The van der Waals surface area contributed by atoms with Gasteiger partial charge in [-0.2, -0.15) is 5.10 Å². The summed E-state index contributed by atoms with van der Waals surface area (Å²) in [6.45, 7) is 7.79. The predicted octanol–water partition coefficient (Wildman–Crippen LogP) is 3.05. The molecule has 2 atom stereocenters. The molecule has 2 N–H and O–H groups in total. The molecule has 1 aromatic rings. The van der Waals surface area contributed by atoms with Crippen molar-refractivity contribution in [3.63, 3.8) is 0 Å². The average molecular weight is 322 g/mol. The minimum atomic E-state index is -0.445. The van der Waals surface area contributed by atoms with Gasteiger partial charge >= 0.3 is 0 Å². The van der Waals surface area contributed by atoms with Gasteiger partial charge in [-0.25, -0.2) is 4.98 Å². The molecule has 0 bridgehead atoms. The maximum Gasteiger partial charge on any atom is 0.249 e. The zero-order valence-electron chi connectivity index (χ0n) is 14.8. The largest absolute Gasteiger partial charge is 0.365 e. The molecule has 23 heavy (non-hydrogen) atoms. The van der Waals surface area contributed by atoms with Crippen LogP contribution in [0.4, 0.5) is 0 Å². The molecular formula is C17H30N4O2. The lowest BCUT2D eigenvalue weighted by Crippen LogP contribution is -2.40. The highest BCUT2D eigenvalue weighted by Crippen LogP contribution is 2.22. The van der Waals surface area contributed by atoms with Crippen molar-refractivity contribution in [1.82, 2.24) is 20.5 Å². The third-order valence-electron chi connectivity index (χ3n) is 4.43. The Morgan fingerprint density at radius 1 is 1.22 bits per heavy atom. The summed E-state index contributed by atoms with van der Waals surface area (Å²) in [6.07, 6.45) is 6.84. The van der Waals surface area contributed by atoms with Crippen molar-refractivity contribution in [2.24, 2.45) is 5.92 Å². The summed E-state index contributed by atoms with van der Waals surface area (Å²) in [5.74, 6) is 1.50. The number of carbonyl (C=O) groups is 1. The van der Waals surface area contributed by atoms with Gasteiger partial charge in [0.05, 0.1) is 12.1 Å². The van der Waals surface area contributed by atoms with Crippen LogP contribution in [-0.4, -0.2) is 33.3 Å². The van der Waals surface area contributed by atoms with Crippen molar-refractivity contribution in [3.05, 3.63) is 11.6 Å². The van der Waals surface area contributed by atoms with E-state index >= 15 is 0 Å². The van der Waals surface area contributed by atoms with Gasteiger partial charge in [-0.3, -0.25) is 9.89 Å². The Morgan fingerprint density at radius 3 is 2.39 bits per heavy atom. The number of aromatic amines is 1. The standard InChI is InChI=1S/C17H30N4O2/c1-11(2)15(16-18-13(4)20-21-16)19-17(22)12(3)23-14-9-7-5-6-8-10-14/h11-12,14-15H,5-10H2,1-4H3,(H,19,22)(H,18,20,21)/t12-,15-/m0/s1. The smallest absolute Gasteiger partial charge is 0.249 e. The molecule has 130 valence electrons. The number of hydrogen-bond donors (Lipinski definition) is 2. The Kier molecular flexibility index (Phi) is 6.57. The van der Waals surface area contributed by atoms with E-state index in [9.17, 15) is 4.79 Å². The highest BCUT2D eigenvalue weighted by molar-refractivity contribution is 5.80. The van der Waals surface area contributed by atoms with Crippen LogP contribution in [0, 0.1) is 12.8 Å². The Labute approximate surface area is 138 Å². The zero-order chi connectivity index (χ0) is 16.8. The molecule has 1 aliphatic rings. The molecule has 1 amide bonds. The zero-order valence-corrected chi connectivity index (χ0v) is 14.8. The average Bonchev–Trinajstić information content (AvgIpc) is 2.76. The van der Waals surface area contributed by atoms with Crippen molar-refractivity contribution in [1.29, 1.82) is 0 Å². The van der Waals surface area contributed by atoms with Crippen LogP contribution in [-0.2, 0) is 9.53 Å². The van der Waals surface area contributed by atoms with Crippen LogP contribution in [0.25, 0.3) is 0 Å². The van der Waals surface area contributed by atoms with Gasteiger partial charge in [0.25, 0.3) is 0 Å². The van der Waals surface area contributed by atoms with Crippen molar-refractivity contribution < 1.29 is 9.53 Å². The fourth-order valence-electron chi connectivity index (χ4n) is 3.03. The van der Waals surface area contributed by atoms with Gasteiger partial charge in [-0.1, -0.05) is 39.5 Å². The molecule has 1 aliphatic carbocycles. The molecule has 0 aromatic carbocycles. The first-order valence-corrected chi connectivity index (χ1v) is 8.82. The number of aryl methyl sites for hydroxylation is 1. The van der Waals surface area contributed by atoms with Crippen LogP contribution >= 0.6 is 0 Å². The van der Waals surface area contributed by atoms with E-state index < -0.39 is 6.10 Å². The van der Waals surface area contributed by atoms with E-state index in [4.69, 9.17) is 4.74 Å². The lowest BCUT2D eigenvalue weighted by Gasteiger charge is -2.24. The molecule has 0 unspecified atom stereocenters. The van der Waals surface area contributed by atoms with Crippen LogP contribution in [0.5, 0.6) is 0 Å². The predicted molar refractivity (Wildman–Crippen MR) is 88.9 cm³/mol. The maximum atomic E-state index is 12.5. The minimum Gasteiger partial charge on any atom is -0.365 e. The summed E-state index contributed by atoms with van der Waals surface area (Å²) in [7, 11) is 0. The highest BCUT2D eigenvalue weighted by atomic mass is 16.5. The molecular weight excluding hydrogens is 292 g/mol. The quantitative estimate of drug-likeness (QED) is 0.789. The normalized spacial score (nSPS) is 19.3. The SMILES string of the molecule is Cc1nc([C@@H](NC(=O)[C@H](C)OC2CCCCCC2)C(C)C)n[nH]1. The molecule has 1 heterocycles. The number of nitrogens with one attached hydrogen (secondary N) is 2. The first-order valence-electron chi connectivity index (χ1n) is 8.82. The third-order valence-corrected chi connectivity index (χ3v) is 4.43. The number of ether oxygens (including phenoxy) is 1. The second-order valence-electron chi connectivity index (χ2n) is 6.90. The first-order chi connectivity index (χ1) is 11.0. The molecule has 0 spiro atoms. The van der Waals surface area contributed by atoms with Crippen LogP contribution < -0.4 is 5.32 Å². The summed E-state index contributed by atoms with van der Waals surface area (Å²) >= 11 is 0. The summed E-state index contributed by atoms with van der Waals surface area (Å²) in [5, 5.41) is 10.1. The van der Waals surface area contributed by atoms with E-state index in [0.29, 0.717) is 5.82 Å². The Morgan fingerprint density at radius 2 is 1.87 bits per heavy atom. The Balaban J connectivity index is 1.92. The van der Waals surface area contributed by atoms with E-state index in [2.05, 4.69) is 20.5 Å². The topological polar surface area (TPSA) is 79.9 Å². The van der Waals surface area contributed by atoms with E-state index in [1.807, 2.05) is 27.7 Å². The van der Waals surface area contributed by atoms with Crippen molar-refractivity contribution in [2.75, 3.05) is 0 Å². The van der Waals surface area contributed by atoms with Crippen LogP contribution in [0.1, 0.15) is 77.0 Å². The third kappa shape index (κ3) is 5.30. The van der Waals surface area contributed by atoms with Gasteiger partial charge in [0, 0.05) is 0 Å². The number of H-pyrrole nitrogens is 1. The Hall–Kier alpha value is -1.43. The molecule has 6 heteroatoms.